The number of carbonyl (C=O) groups is 2. The molecule has 0 atom stereocenters. The van der Waals surface area contributed by atoms with E-state index in [1.54, 1.807) is 42.5 Å². The van der Waals surface area contributed by atoms with E-state index in [0.717, 1.165) is 0 Å². The van der Waals surface area contributed by atoms with E-state index in [1.807, 2.05) is 20.8 Å². The van der Waals surface area contributed by atoms with E-state index in [2.05, 4.69) is 10.3 Å². The minimum atomic E-state index is -0.399. The zero-order chi connectivity index (χ0) is 19.9. The summed E-state index contributed by atoms with van der Waals surface area (Å²) in [4.78, 5) is 30.4. The van der Waals surface area contributed by atoms with Crippen LogP contribution in [0.15, 0.2) is 46.9 Å². The third-order valence-electron chi connectivity index (χ3n) is 4.47. The number of oxazole rings is 1. The lowest BCUT2D eigenvalue weighted by Crippen LogP contribution is -2.23. The van der Waals surface area contributed by atoms with Gasteiger partial charge in [0.1, 0.15) is 12.1 Å². The van der Waals surface area contributed by atoms with Crippen LogP contribution in [0.4, 0.5) is 16.2 Å². The number of rotatable bonds is 3. The highest BCUT2D eigenvalue weighted by Gasteiger charge is 2.24. The Balaban J connectivity index is 1.56. The van der Waals surface area contributed by atoms with Gasteiger partial charge < -0.3 is 14.5 Å². The number of hydrogen-bond acceptors (Lipinski definition) is 5. The van der Waals surface area contributed by atoms with Crippen molar-refractivity contribution in [1.82, 2.24) is 4.98 Å². The minimum absolute atomic E-state index is 0.195. The van der Waals surface area contributed by atoms with Crippen molar-refractivity contribution in [2.45, 2.75) is 26.2 Å². The molecule has 2 aromatic carbocycles. The van der Waals surface area contributed by atoms with Crippen molar-refractivity contribution in [2.24, 2.45) is 0 Å². The Morgan fingerprint density at radius 2 is 2.00 bits per heavy atom. The molecule has 1 aliphatic heterocycles. The highest BCUT2D eigenvalue weighted by molar-refractivity contribution is 6.06. The number of aromatic nitrogens is 1. The number of ether oxygens (including phenoxy) is 1. The molecular weight excluding hydrogens is 358 g/mol. The fraction of sp³-hybridized carbons (Fsp3) is 0.286. The quantitative estimate of drug-likeness (QED) is 0.732. The molecule has 0 radical (unpaired) electrons. The molecule has 4 rings (SSSR count). The summed E-state index contributed by atoms with van der Waals surface area (Å²) in [6, 6.07) is 12.3. The zero-order valence-electron chi connectivity index (χ0n) is 16.0. The van der Waals surface area contributed by atoms with E-state index in [-0.39, 0.29) is 11.3 Å². The lowest BCUT2D eigenvalue weighted by atomic mass is 9.97. The van der Waals surface area contributed by atoms with Gasteiger partial charge in [0, 0.05) is 22.4 Å². The van der Waals surface area contributed by atoms with Gasteiger partial charge in [-0.05, 0) is 36.4 Å². The topological polar surface area (TPSA) is 84.7 Å². The number of anilines is 2. The van der Waals surface area contributed by atoms with Crippen molar-refractivity contribution in [3.63, 3.8) is 0 Å². The van der Waals surface area contributed by atoms with Gasteiger partial charge in [0.25, 0.3) is 5.91 Å². The first kappa shape index (κ1) is 18.0. The molecule has 0 bridgehead atoms. The number of benzene rings is 2. The van der Waals surface area contributed by atoms with E-state index in [4.69, 9.17) is 9.15 Å². The van der Waals surface area contributed by atoms with Gasteiger partial charge >= 0.3 is 6.09 Å². The summed E-state index contributed by atoms with van der Waals surface area (Å²) in [7, 11) is 0. The van der Waals surface area contributed by atoms with Crippen LogP contribution in [0.2, 0.25) is 0 Å². The van der Waals surface area contributed by atoms with Gasteiger partial charge in [0.05, 0.1) is 6.54 Å². The van der Waals surface area contributed by atoms with Gasteiger partial charge in [-0.3, -0.25) is 9.69 Å². The van der Waals surface area contributed by atoms with Crippen molar-refractivity contribution >= 4 is 34.5 Å². The number of nitrogens with one attached hydrogen (secondary N) is 1. The van der Waals surface area contributed by atoms with Crippen molar-refractivity contribution < 1.29 is 18.7 Å². The summed E-state index contributed by atoms with van der Waals surface area (Å²) in [5.74, 6) is 0.379. The second-order valence-electron chi connectivity index (χ2n) is 7.72. The van der Waals surface area contributed by atoms with Crippen LogP contribution in [0.25, 0.3) is 11.1 Å². The lowest BCUT2D eigenvalue weighted by molar-refractivity contribution is 0.102. The minimum Gasteiger partial charge on any atom is -0.447 e. The summed E-state index contributed by atoms with van der Waals surface area (Å²) in [5, 5.41) is 2.87. The van der Waals surface area contributed by atoms with Crippen LogP contribution < -0.4 is 10.2 Å². The molecule has 0 aliphatic carbocycles. The largest absolute Gasteiger partial charge is 0.447 e. The fourth-order valence-corrected chi connectivity index (χ4v) is 2.97. The molecule has 28 heavy (non-hydrogen) atoms. The summed E-state index contributed by atoms with van der Waals surface area (Å²) in [6.45, 7) is 6.92. The first-order valence-electron chi connectivity index (χ1n) is 9.08. The molecule has 1 aromatic heterocycles. The standard InChI is InChI=1S/C21H21N3O4/c1-21(2,3)19-23-16-12-14(7-8-17(16)28-19)22-18(25)13-5-4-6-15(11-13)24-9-10-27-20(24)26/h4-8,11-12H,9-10H2,1-3H3,(H,22,25). The Bertz CT molecular complexity index is 1060. The number of fused-ring (bicyclic) bond motifs is 1. The molecule has 1 fully saturated rings. The molecule has 0 unspecified atom stereocenters. The van der Waals surface area contributed by atoms with Crippen molar-refractivity contribution in [2.75, 3.05) is 23.4 Å². The number of nitrogens with zero attached hydrogens (tertiary/aromatic N) is 2. The zero-order valence-corrected chi connectivity index (χ0v) is 16.0. The Hall–Kier alpha value is -3.35. The molecule has 2 amide bonds. The average Bonchev–Trinajstić information content (AvgIpc) is 3.27. The van der Waals surface area contributed by atoms with Crippen LogP contribution in [0.3, 0.4) is 0 Å². The molecule has 144 valence electrons. The first-order chi connectivity index (χ1) is 13.3. The van der Waals surface area contributed by atoms with E-state index in [9.17, 15) is 9.59 Å². The Morgan fingerprint density at radius 3 is 2.71 bits per heavy atom. The first-order valence-corrected chi connectivity index (χ1v) is 9.08. The maximum absolute atomic E-state index is 12.7. The van der Waals surface area contributed by atoms with Crippen LogP contribution in [-0.2, 0) is 10.2 Å². The normalized spacial score (nSPS) is 14.4. The van der Waals surface area contributed by atoms with Crippen LogP contribution >= 0.6 is 0 Å². The maximum Gasteiger partial charge on any atom is 0.414 e. The summed E-state index contributed by atoms with van der Waals surface area (Å²) >= 11 is 0. The molecular formula is C21H21N3O4. The number of amides is 2. The Kier molecular flexibility index (Phi) is 4.30. The van der Waals surface area contributed by atoms with Gasteiger partial charge in [-0.25, -0.2) is 9.78 Å². The fourth-order valence-electron chi connectivity index (χ4n) is 2.97. The van der Waals surface area contributed by atoms with Crippen LogP contribution in [-0.4, -0.2) is 30.1 Å². The van der Waals surface area contributed by atoms with Crippen LogP contribution in [0.5, 0.6) is 0 Å². The monoisotopic (exact) mass is 379 g/mol. The predicted octanol–water partition coefficient (Wildman–Crippen LogP) is 4.33. The predicted molar refractivity (Wildman–Crippen MR) is 106 cm³/mol. The molecule has 0 saturated carbocycles. The number of cyclic esters (lactones) is 1. The highest BCUT2D eigenvalue weighted by Crippen LogP contribution is 2.27. The molecule has 1 aliphatic rings. The van der Waals surface area contributed by atoms with E-state index in [1.165, 1.54) is 4.90 Å². The molecule has 7 heteroatoms. The summed E-state index contributed by atoms with van der Waals surface area (Å²) < 4.78 is 10.7. The van der Waals surface area contributed by atoms with Crippen molar-refractivity contribution in [3.8, 4) is 0 Å². The molecule has 7 nitrogen and oxygen atoms in total. The smallest absolute Gasteiger partial charge is 0.414 e. The summed E-state index contributed by atoms with van der Waals surface area (Å²) in [6.07, 6.45) is -0.399. The second kappa shape index (κ2) is 6.67. The van der Waals surface area contributed by atoms with Crippen LogP contribution in [0, 0.1) is 0 Å². The maximum atomic E-state index is 12.7. The second-order valence-corrected chi connectivity index (χ2v) is 7.72. The van der Waals surface area contributed by atoms with E-state index >= 15 is 0 Å². The average molecular weight is 379 g/mol. The molecule has 1 saturated heterocycles. The van der Waals surface area contributed by atoms with E-state index < -0.39 is 6.09 Å². The van der Waals surface area contributed by atoms with Gasteiger partial charge in [0.15, 0.2) is 5.58 Å². The molecule has 1 N–H and O–H groups in total. The van der Waals surface area contributed by atoms with Gasteiger partial charge in [-0.1, -0.05) is 26.8 Å². The molecule has 3 aromatic rings. The van der Waals surface area contributed by atoms with Gasteiger partial charge in [0.2, 0.25) is 5.89 Å². The Morgan fingerprint density at radius 1 is 1.18 bits per heavy atom. The summed E-state index contributed by atoms with van der Waals surface area (Å²) in [5.41, 5.74) is 2.88. The number of carbonyl (C=O) groups excluding carboxylic acids is 2. The van der Waals surface area contributed by atoms with Crippen molar-refractivity contribution in [1.29, 1.82) is 0 Å². The number of hydrogen-bond donors (Lipinski definition) is 1. The molecule has 0 spiro atoms. The Labute approximate surface area is 162 Å². The third kappa shape index (κ3) is 3.43. The van der Waals surface area contributed by atoms with E-state index in [0.29, 0.717) is 47.1 Å². The van der Waals surface area contributed by atoms with Crippen LogP contribution in [0.1, 0.15) is 37.0 Å². The van der Waals surface area contributed by atoms with Gasteiger partial charge in [-0.15, -0.1) is 0 Å². The third-order valence-corrected chi connectivity index (χ3v) is 4.47. The van der Waals surface area contributed by atoms with Gasteiger partial charge in [-0.2, -0.15) is 0 Å². The molecule has 2 heterocycles. The SMILES string of the molecule is CC(C)(C)c1nc2cc(NC(=O)c3cccc(N4CCOC4=O)c3)ccc2o1. The highest BCUT2D eigenvalue weighted by atomic mass is 16.6. The van der Waals surface area contributed by atoms with Crippen molar-refractivity contribution in [3.05, 3.63) is 53.9 Å². The lowest BCUT2D eigenvalue weighted by Gasteiger charge is -2.13.